The third-order valence-corrected chi connectivity index (χ3v) is 5.03. The summed E-state index contributed by atoms with van der Waals surface area (Å²) in [4.78, 5) is 14.3. The molecular formula is C19H28N2O3. The molecule has 1 heterocycles. The Morgan fingerprint density at radius 1 is 1.33 bits per heavy atom. The molecule has 4 N–H and O–H groups in total. The standard InChI is InChI=1S/C19H28N2O3/c1-4-13(5-2)10-12(3)16(20)18(22)21-11-14-8-6-7-9-15(14)17(21)19(23)24/h6-9,13,16-17,19,23-24H,3-5,10-11,20H2,1-2H3/t16-,17?/m0/s1. The predicted octanol–water partition coefficient (Wildman–Crippen LogP) is 2.09. The first-order chi connectivity index (χ1) is 11.4. The SMILES string of the molecule is C=C(CC(CC)CC)[C@H](N)C(=O)N1Cc2ccccc2C1C(O)O. The molecular weight excluding hydrogens is 304 g/mol. The van der Waals surface area contributed by atoms with Gasteiger partial charge >= 0.3 is 0 Å². The number of nitrogens with zero attached hydrogens (tertiary/aromatic N) is 1. The second-order valence-electron chi connectivity index (χ2n) is 6.55. The molecule has 2 atom stereocenters. The van der Waals surface area contributed by atoms with Crippen LogP contribution < -0.4 is 5.73 Å². The highest BCUT2D eigenvalue weighted by molar-refractivity contribution is 5.85. The van der Waals surface area contributed by atoms with Crippen molar-refractivity contribution in [1.82, 2.24) is 4.90 Å². The molecule has 0 saturated heterocycles. The average Bonchev–Trinajstić information content (AvgIpc) is 2.97. The topological polar surface area (TPSA) is 86.8 Å². The van der Waals surface area contributed by atoms with Gasteiger partial charge in [-0.3, -0.25) is 4.79 Å². The third-order valence-electron chi connectivity index (χ3n) is 5.03. The maximum atomic E-state index is 12.8. The smallest absolute Gasteiger partial charge is 0.244 e. The van der Waals surface area contributed by atoms with Gasteiger partial charge in [0.25, 0.3) is 0 Å². The highest BCUT2D eigenvalue weighted by atomic mass is 16.5. The fraction of sp³-hybridized carbons (Fsp3) is 0.526. The van der Waals surface area contributed by atoms with Crippen LogP contribution in [0.1, 0.15) is 50.3 Å². The highest BCUT2D eigenvalue weighted by Crippen LogP contribution is 2.36. The molecule has 0 bridgehead atoms. The van der Waals surface area contributed by atoms with Crippen molar-refractivity contribution in [1.29, 1.82) is 0 Å². The van der Waals surface area contributed by atoms with Crippen LogP contribution >= 0.6 is 0 Å². The number of benzene rings is 1. The quantitative estimate of drug-likeness (QED) is 0.527. The molecule has 0 aliphatic carbocycles. The maximum Gasteiger partial charge on any atom is 0.244 e. The van der Waals surface area contributed by atoms with E-state index in [1.165, 1.54) is 4.90 Å². The first-order valence-electron chi connectivity index (χ1n) is 8.58. The Morgan fingerprint density at radius 3 is 2.54 bits per heavy atom. The molecule has 24 heavy (non-hydrogen) atoms. The highest BCUT2D eigenvalue weighted by Gasteiger charge is 2.39. The lowest BCUT2D eigenvalue weighted by molar-refractivity contribution is -0.147. The Balaban J connectivity index is 2.15. The van der Waals surface area contributed by atoms with E-state index in [9.17, 15) is 15.0 Å². The van der Waals surface area contributed by atoms with Gasteiger partial charge in [-0.25, -0.2) is 0 Å². The van der Waals surface area contributed by atoms with Crippen molar-refractivity contribution in [3.63, 3.8) is 0 Å². The number of carbonyl (C=O) groups excluding carboxylic acids is 1. The van der Waals surface area contributed by atoms with E-state index in [0.717, 1.165) is 24.0 Å². The van der Waals surface area contributed by atoms with Crippen molar-refractivity contribution < 1.29 is 15.0 Å². The molecule has 1 aliphatic rings. The summed E-state index contributed by atoms with van der Waals surface area (Å²) in [6, 6.07) is 5.81. The van der Waals surface area contributed by atoms with E-state index in [-0.39, 0.29) is 5.91 Å². The summed E-state index contributed by atoms with van der Waals surface area (Å²) in [5.41, 5.74) is 8.53. The average molecular weight is 332 g/mol. The largest absolute Gasteiger partial charge is 0.366 e. The van der Waals surface area contributed by atoms with E-state index in [1.807, 2.05) is 24.3 Å². The number of rotatable bonds is 7. The maximum absolute atomic E-state index is 12.8. The molecule has 1 amide bonds. The van der Waals surface area contributed by atoms with Gasteiger partial charge in [0.15, 0.2) is 6.29 Å². The fourth-order valence-electron chi connectivity index (χ4n) is 3.38. The summed E-state index contributed by atoms with van der Waals surface area (Å²) >= 11 is 0. The van der Waals surface area contributed by atoms with Crippen molar-refractivity contribution in [2.75, 3.05) is 0 Å². The van der Waals surface area contributed by atoms with Crippen LogP contribution in [0.4, 0.5) is 0 Å². The molecule has 132 valence electrons. The summed E-state index contributed by atoms with van der Waals surface area (Å²) in [5, 5.41) is 19.5. The van der Waals surface area contributed by atoms with E-state index in [1.54, 1.807) is 0 Å². The number of amides is 1. The zero-order valence-corrected chi connectivity index (χ0v) is 14.5. The summed E-state index contributed by atoms with van der Waals surface area (Å²) in [5.74, 6) is 0.159. The third kappa shape index (κ3) is 3.69. The van der Waals surface area contributed by atoms with Crippen molar-refractivity contribution in [2.45, 2.75) is 58.0 Å². The first kappa shape index (κ1) is 18.6. The Labute approximate surface area is 143 Å². The van der Waals surface area contributed by atoms with Gasteiger partial charge in [0.2, 0.25) is 5.91 Å². The Bertz CT molecular complexity index is 596. The molecule has 0 saturated carbocycles. The number of nitrogens with two attached hydrogens (primary N) is 1. The molecule has 0 spiro atoms. The number of fused-ring (bicyclic) bond motifs is 1. The van der Waals surface area contributed by atoms with E-state index in [4.69, 9.17) is 5.73 Å². The van der Waals surface area contributed by atoms with Crippen LogP contribution in [0, 0.1) is 5.92 Å². The molecule has 0 radical (unpaired) electrons. The van der Waals surface area contributed by atoms with Crippen LogP contribution in [-0.4, -0.2) is 33.4 Å². The van der Waals surface area contributed by atoms with Crippen molar-refractivity contribution in [3.05, 3.63) is 47.5 Å². The van der Waals surface area contributed by atoms with E-state index in [2.05, 4.69) is 20.4 Å². The van der Waals surface area contributed by atoms with Gasteiger partial charge in [-0.05, 0) is 23.5 Å². The molecule has 0 aromatic heterocycles. The van der Waals surface area contributed by atoms with E-state index >= 15 is 0 Å². The monoisotopic (exact) mass is 332 g/mol. The molecule has 1 aliphatic heterocycles. The van der Waals surface area contributed by atoms with Gasteiger partial charge in [-0.2, -0.15) is 0 Å². The van der Waals surface area contributed by atoms with Gasteiger partial charge in [-0.1, -0.05) is 63.1 Å². The molecule has 5 heteroatoms. The van der Waals surface area contributed by atoms with Crippen LogP contribution in [0.25, 0.3) is 0 Å². The number of hydrogen-bond donors (Lipinski definition) is 3. The zero-order chi connectivity index (χ0) is 17.9. The number of carbonyl (C=O) groups is 1. The summed E-state index contributed by atoms with van der Waals surface area (Å²) in [6.07, 6.45) is 1.11. The van der Waals surface area contributed by atoms with Gasteiger partial charge in [0.05, 0.1) is 0 Å². The van der Waals surface area contributed by atoms with Crippen LogP contribution in [-0.2, 0) is 11.3 Å². The lowest BCUT2D eigenvalue weighted by Crippen LogP contribution is -2.46. The second kappa shape index (κ2) is 7.92. The summed E-state index contributed by atoms with van der Waals surface area (Å²) in [6.45, 7) is 8.57. The minimum Gasteiger partial charge on any atom is -0.366 e. The Hall–Kier alpha value is -1.69. The summed E-state index contributed by atoms with van der Waals surface area (Å²) in [7, 11) is 0. The lowest BCUT2D eigenvalue weighted by atomic mass is 9.91. The second-order valence-corrected chi connectivity index (χ2v) is 6.55. The molecule has 1 unspecified atom stereocenters. The Morgan fingerprint density at radius 2 is 1.96 bits per heavy atom. The normalized spacial score (nSPS) is 18.1. The van der Waals surface area contributed by atoms with Crippen molar-refractivity contribution in [2.24, 2.45) is 11.7 Å². The fourth-order valence-corrected chi connectivity index (χ4v) is 3.38. The van der Waals surface area contributed by atoms with Gasteiger partial charge < -0.3 is 20.8 Å². The van der Waals surface area contributed by atoms with E-state index < -0.39 is 18.4 Å². The molecule has 1 aromatic carbocycles. The number of hydrogen-bond acceptors (Lipinski definition) is 4. The summed E-state index contributed by atoms with van der Waals surface area (Å²) < 4.78 is 0. The van der Waals surface area contributed by atoms with Gasteiger partial charge in [0, 0.05) is 6.54 Å². The molecule has 1 aromatic rings. The molecule has 0 fully saturated rings. The zero-order valence-electron chi connectivity index (χ0n) is 14.5. The van der Waals surface area contributed by atoms with Crippen molar-refractivity contribution >= 4 is 5.91 Å². The van der Waals surface area contributed by atoms with Gasteiger partial charge in [0.1, 0.15) is 12.1 Å². The van der Waals surface area contributed by atoms with Crippen LogP contribution in [0.2, 0.25) is 0 Å². The first-order valence-corrected chi connectivity index (χ1v) is 8.58. The minimum absolute atomic E-state index is 0.305. The minimum atomic E-state index is -1.64. The van der Waals surface area contributed by atoms with Crippen LogP contribution in [0.15, 0.2) is 36.4 Å². The predicted molar refractivity (Wildman–Crippen MR) is 93.8 cm³/mol. The van der Waals surface area contributed by atoms with E-state index in [0.29, 0.717) is 24.5 Å². The van der Waals surface area contributed by atoms with Crippen molar-refractivity contribution in [3.8, 4) is 0 Å². The number of aliphatic hydroxyl groups excluding tert-OH is 1. The van der Waals surface area contributed by atoms with Crippen LogP contribution in [0.5, 0.6) is 0 Å². The Kier molecular flexibility index (Phi) is 6.15. The van der Waals surface area contributed by atoms with Crippen LogP contribution in [0.3, 0.4) is 0 Å². The molecule has 2 rings (SSSR count). The lowest BCUT2D eigenvalue weighted by Gasteiger charge is -2.30. The molecule has 5 nitrogen and oxygen atoms in total. The number of aliphatic hydroxyl groups is 2. The van der Waals surface area contributed by atoms with Gasteiger partial charge in [-0.15, -0.1) is 0 Å².